The fraction of sp³-hybridized carbons (Fsp3) is 0.375. The van der Waals surface area contributed by atoms with Gasteiger partial charge in [0.25, 0.3) is 10.0 Å². The molecule has 41 heavy (non-hydrogen) atoms. The van der Waals surface area contributed by atoms with Crippen molar-refractivity contribution in [2.75, 3.05) is 24.5 Å². The molecule has 220 valence electrons. The normalized spacial score (nSPS) is 11.9. The number of benzene rings is 3. The van der Waals surface area contributed by atoms with Gasteiger partial charge in [0.1, 0.15) is 18.3 Å². The van der Waals surface area contributed by atoms with Gasteiger partial charge >= 0.3 is 0 Å². The Balaban J connectivity index is 2.05. The average Bonchev–Trinajstić information content (AvgIpc) is 3.00. The van der Waals surface area contributed by atoms with Crippen molar-refractivity contribution < 1.29 is 22.7 Å². The van der Waals surface area contributed by atoms with Gasteiger partial charge in [-0.1, -0.05) is 75.7 Å². The molecule has 0 spiro atoms. The van der Waals surface area contributed by atoms with E-state index < -0.39 is 28.5 Å². The summed E-state index contributed by atoms with van der Waals surface area (Å²) in [6.45, 7) is 6.02. The van der Waals surface area contributed by atoms with Crippen LogP contribution in [0.25, 0.3) is 0 Å². The Morgan fingerprint density at radius 1 is 0.902 bits per heavy atom. The summed E-state index contributed by atoms with van der Waals surface area (Å²) >= 11 is 0. The van der Waals surface area contributed by atoms with Gasteiger partial charge in [0, 0.05) is 13.1 Å². The van der Waals surface area contributed by atoms with Crippen LogP contribution in [-0.2, 0) is 32.6 Å². The summed E-state index contributed by atoms with van der Waals surface area (Å²) in [4.78, 5) is 29.1. The number of anilines is 1. The number of carbonyl (C=O) groups excluding carboxylic acids is 2. The van der Waals surface area contributed by atoms with Gasteiger partial charge in [0.15, 0.2) is 0 Å². The van der Waals surface area contributed by atoms with E-state index in [0.717, 1.165) is 24.0 Å². The number of amides is 2. The number of unbranched alkanes of at least 4 members (excludes halogenated alkanes) is 1. The number of rotatable bonds is 15. The topological polar surface area (TPSA) is 96.0 Å². The van der Waals surface area contributed by atoms with Crippen LogP contribution in [0.1, 0.15) is 51.2 Å². The van der Waals surface area contributed by atoms with Gasteiger partial charge in [-0.25, -0.2) is 8.42 Å². The van der Waals surface area contributed by atoms with E-state index in [0.29, 0.717) is 30.8 Å². The lowest BCUT2D eigenvalue weighted by Gasteiger charge is -2.33. The Labute approximate surface area is 244 Å². The molecule has 0 aromatic heterocycles. The molecular weight excluding hydrogens is 538 g/mol. The molecule has 8 nitrogen and oxygen atoms in total. The van der Waals surface area contributed by atoms with Crippen molar-refractivity contribution in [1.82, 2.24) is 10.2 Å². The van der Waals surface area contributed by atoms with Gasteiger partial charge in [-0.15, -0.1) is 0 Å². The van der Waals surface area contributed by atoms with E-state index in [-0.39, 0.29) is 17.3 Å². The van der Waals surface area contributed by atoms with E-state index in [1.54, 1.807) is 49.6 Å². The monoisotopic (exact) mass is 579 g/mol. The number of nitrogens with one attached hydrogen (secondary N) is 1. The summed E-state index contributed by atoms with van der Waals surface area (Å²) in [7, 11) is -2.52. The highest BCUT2D eigenvalue weighted by molar-refractivity contribution is 7.92. The highest BCUT2D eigenvalue weighted by Gasteiger charge is 2.34. The molecule has 1 N–H and O–H groups in total. The molecule has 3 rings (SSSR count). The minimum absolute atomic E-state index is 0.0877. The van der Waals surface area contributed by atoms with Crippen molar-refractivity contribution >= 4 is 27.5 Å². The molecule has 0 radical (unpaired) electrons. The molecule has 0 unspecified atom stereocenters. The number of hydrogen-bond donors (Lipinski definition) is 1. The minimum atomic E-state index is -4.10. The van der Waals surface area contributed by atoms with Gasteiger partial charge in [0.2, 0.25) is 11.8 Å². The summed E-state index contributed by atoms with van der Waals surface area (Å²) < 4.78 is 34.4. The second kappa shape index (κ2) is 15.2. The summed E-state index contributed by atoms with van der Waals surface area (Å²) in [6.07, 6.45) is 2.70. The first kappa shape index (κ1) is 31.7. The largest absolute Gasteiger partial charge is 0.497 e. The van der Waals surface area contributed by atoms with Crippen LogP contribution in [0.4, 0.5) is 5.69 Å². The van der Waals surface area contributed by atoms with Gasteiger partial charge in [-0.05, 0) is 60.7 Å². The van der Waals surface area contributed by atoms with Crippen LogP contribution in [0.5, 0.6) is 5.75 Å². The quantitative estimate of drug-likeness (QED) is 0.251. The standard InChI is InChI=1S/C32H41N3O5S/c1-5-8-22-33-32(37)29(7-3)34(23-25-18-20-27(40-4)21-19-25)31(36)24-35(30-17-13-12-14-26(30)6-2)41(38,39)28-15-10-9-11-16-28/h9-21,29H,5-8,22-24H2,1-4H3,(H,33,37)/t29-/m0/s1. The fourth-order valence-corrected chi connectivity index (χ4v) is 6.11. The lowest BCUT2D eigenvalue weighted by molar-refractivity contribution is -0.140. The molecule has 0 aliphatic heterocycles. The zero-order chi connectivity index (χ0) is 29.8. The van der Waals surface area contributed by atoms with E-state index >= 15 is 0 Å². The van der Waals surface area contributed by atoms with Crippen molar-refractivity contribution in [1.29, 1.82) is 0 Å². The molecule has 9 heteroatoms. The first-order chi connectivity index (χ1) is 19.8. The van der Waals surface area contributed by atoms with Crippen LogP contribution < -0.4 is 14.4 Å². The summed E-state index contributed by atoms with van der Waals surface area (Å²) in [5, 5.41) is 2.95. The Morgan fingerprint density at radius 3 is 2.17 bits per heavy atom. The van der Waals surface area contributed by atoms with Crippen LogP contribution in [0.3, 0.4) is 0 Å². The number of aryl methyl sites for hydroxylation is 1. The lowest BCUT2D eigenvalue weighted by atomic mass is 10.1. The predicted octanol–water partition coefficient (Wildman–Crippen LogP) is 5.18. The van der Waals surface area contributed by atoms with E-state index in [2.05, 4.69) is 5.32 Å². The van der Waals surface area contributed by atoms with Gasteiger partial charge in [-0.2, -0.15) is 0 Å². The number of nitrogens with zero attached hydrogens (tertiary/aromatic N) is 2. The Hall–Kier alpha value is -3.85. The molecule has 0 aliphatic rings. The molecule has 0 fully saturated rings. The van der Waals surface area contributed by atoms with Gasteiger partial charge in [0.05, 0.1) is 17.7 Å². The van der Waals surface area contributed by atoms with Crippen molar-refractivity contribution in [3.63, 3.8) is 0 Å². The zero-order valence-electron chi connectivity index (χ0n) is 24.4. The number of sulfonamides is 1. The molecule has 0 aliphatic carbocycles. The first-order valence-electron chi connectivity index (χ1n) is 14.1. The smallest absolute Gasteiger partial charge is 0.264 e. The summed E-state index contributed by atoms with van der Waals surface area (Å²) in [5.74, 6) is -0.0507. The van der Waals surface area contributed by atoms with Crippen LogP contribution in [0, 0.1) is 0 Å². The van der Waals surface area contributed by atoms with Crippen molar-refractivity contribution in [2.45, 2.75) is 63.9 Å². The van der Waals surface area contributed by atoms with Gasteiger partial charge in [-0.3, -0.25) is 13.9 Å². The van der Waals surface area contributed by atoms with Crippen LogP contribution >= 0.6 is 0 Å². The van der Waals surface area contributed by atoms with Crippen LogP contribution in [0.15, 0.2) is 83.8 Å². The number of hydrogen-bond acceptors (Lipinski definition) is 5. The highest BCUT2D eigenvalue weighted by Crippen LogP contribution is 2.28. The molecule has 0 saturated carbocycles. The molecular formula is C32H41N3O5S. The second-order valence-corrected chi connectivity index (χ2v) is 11.6. The minimum Gasteiger partial charge on any atom is -0.497 e. The first-order valence-corrected chi connectivity index (χ1v) is 15.6. The second-order valence-electron chi connectivity index (χ2n) is 9.75. The van der Waals surface area contributed by atoms with E-state index in [9.17, 15) is 18.0 Å². The third-order valence-electron chi connectivity index (χ3n) is 6.98. The van der Waals surface area contributed by atoms with E-state index in [4.69, 9.17) is 4.74 Å². The SMILES string of the molecule is CCCCNC(=O)[C@H](CC)N(Cc1ccc(OC)cc1)C(=O)CN(c1ccccc1CC)S(=O)(=O)c1ccccc1. The molecule has 3 aromatic rings. The van der Waals surface area contributed by atoms with Gasteiger partial charge < -0.3 is 15.0 Å². The highest BCUT2D eigenvalue weighted by atomic mass is 32.2. The third kappa shape index (κ3) is 8.10. The molecule has 0 heterocycles. The third-order valence-corrected chi connectivity index (χ3v) is 8.75. The fourth-order valence-electron chi connectivity index (χ4n) is 4.64. The number of ether oxygens (including phenoxy) is 1. The van der Waals surface area contributed by atoms with Crippen LogP contribution in [-0.4, -0.2) is 51.4 Å². The summed E-state index contributed by atoms with van der Waals surface area (Å²) in [6, 6.07) is 21.8. The predicted molar refractivity (Wildman–Crippen MR) is 162 cm³/mol. The maximum absolute atomic E-state index is 14.2. The molecule has 0 saturated heterocycles. The molecule has 0 bridgehead atoms. The Morgan fingerprint density at radius 2 is 1.56 bits per heavy atom. The Bertz CT molecular complexity index is 1380. The maximum atomic E-state index is 14.2. The molecule has 3 aromatic carbocycles. The number of para-hydroxylation sites is 1. The van der Waals surface area contributed by atoms with Crippen molar-refractivity contribution in [3.05, 3.63) is 90.0 Å². The maximum Gasteiger partial charge on any atom is 0.264 e. The zero-order valence-corrected chi connectivity index (χ0v) is 25.2. The Kier molecular flexibility index (Phi) is 11.8. The average molecular weight is 580 g/mol. The number of carbonyl (C=O) groups is 2. The molecule has 2 amide bonds. The van der Waals surface area contributed by atoms with E-state index in [1.807, 2.05) is 45.0 Å². The molecule has 1 atom stereocenters. The van der Waals surface area contributed by atoms with Crippen LogP contribution in [0.2, 0.25) is 0 Å². The number of methoxy groups -OCH3 is 1. The lowest BCUT2D eigenvalue weighted by Crippen LogP contribution is -2.52. The van der Waals surface area contributed by atoms with Crippen molar-refractivity contribution in [2.24, 2.45) is 0 Å². The van der Waals surface area contributed by atoms with Crippen molar-refractivity contribution in [3.8, 4) is 5.75 Å². The summed E-state index contributed by atoms with van der Waals surface area (Å²) in [5.41, 5.74) is 2.04. The van der Waals surface area contributed by atoms with E-state index in [1.165, 1.54) is 21.3 Å².